The summed E-state index contributed by atoms with van der Waals surface area (Å²) in [6, 6.07) is 7.02. The molecule has 5 heterocycles. The molecule has 2 fully saturated rings. The zero-order valence-corrected chi connectivity index (χ0v) is 22.3. The highest BCUT2D eigenvalue weighted by molar-refractivity contribution is 9.10. The van der Waals surface area contributed by atoms with Crippen LogP contribution in [0.2, 0.25) is 0 Å². The van der Waals surface area contributed by atoms with E-state index in [1.165, 1.54) is 9.80 Å². The van der Waals surface area contributed by atoms with Gasteiger partial charge in [0.25, 0.3) is 5.91 Å². The van der Waals surface area contributed by atoms with Crippen LogP contribution in [-0.2, 0) is 15.0 Å². The van der Waals surface area contributed by atoms with Crippen molar-refractivity contribution in [3.8, 4) is 0 Å². The summed E-state index contributed by atoms with van der Waals surface area (Å²) < 4.78 is 40.2. The smallest absolute Gasteiger partial charge is 0.341 e. The van der Waals surface area contributed by atoms with Crippen LogP contribution < -0.4 is 4.90 Å². The molecular weight excluding hydrogens is 581 g/mol. The fourth-order valence-electron chi connectivity index (χ4n) is 6.01. The summed E-state index contributed by atoms with van der Waals surface area (Å²) in [5.74, 6) is -2.57. The number of fused-ring (bicyclic) bond motifs is 3. The molecule has 6 rings (SSSR count). The van der Waals surface area contributed by atoms with Gasteiger partial charge in [-0.1, -0.05) is 22.0 Å². The number of aromatic nitrogens is 3. The molecule has 1 N–H and O–H groups in total. The molecule has 0 radical (unpaired) electrons. The Hall–Kier alpha value is -3.48. The molecule has 1 atom stereocenters. The zero-order chi connectivity index (χ0) is 27.5. The number of alkyl halides is 3. The van der Waals surface area contributed by atoms with Crippen LogP contribution in [0.25, 0.3) is 10.9 Å². The van der Waals surface area contributed by atoms with E-state index in [-0.39, 0.29) is 37.0 Å². The molecule has 13 heteroatoms. The Kier molecular flexibility index (Phi) is 6.16. The van der Waals surface area contributed by atoms with Crippen LogP contribution in [0.5, 0.6) is 0 Å². The molecule has 2 aromatic heterocycles. The van der Waals surface area contributed by atoms with E-state index in [1.807, 2.05) is 6.07 Å². The molecule has 3 amide bonds. The molecule has 1 spiro atoms. The molecule has 0 aliphatic carbocycles. The number of nitrogens with zero attached hydrogens (tertiary/aromatic N) is 5. The molecule has 9 nitrogen and oxygen atoms in total. The summed E-state index contributed by atoms with van der Waals surface area (Å²) in [4.78, 5) is 48.7. The Bertz CT molecular complexity index is 1480. The number of nitrogens with one attached hydrogen (secondary N) is 1. The van der Waals surface area contributed by atoms with Gasteiger partial charge < -0.3 is 14.7 Å². The predicted octanol–water partition coefficient (Wildman–Crippen LogP) is 3.65. The number of hydrogen-bond acceptors (Lipinski definition) is 5. The van der Waals surface area contributed by atoms with Crippen molar-refractivity contribution < 1.29 is 27.6 Å². The fraction of sp³-hybridized carbons (Fsp3) is 0.423. The number of anilines is 1. The Labute approximate surface area is 229 Å². The van der Waals surface area contributed by atoms with Gasteiger partial charge in [-0.3, -0.25) is 19.5 Å². The number of halogens is 4. The largest absolute Gasteiger partial charge is 0.393 e. The number of amides is 3. The first-order chi connectivity index (χ1) is 18.6. The number of H-pyrrole nitrogens is 1. The van der Waals surface area contributed by atoms with Gasteiger partial charge in [0.2, 0.25) is 11.8 Å². The lowest BCUT2D eigenvalue weighted by Crippen LogP contribution is -2.51. The van der Waals surface area contributed by atoms with Crippen molar-refractivity contribution in [2.24, 2.45) is 5.92 Å². The van der Waals surface area contributed by atoms with Crippen LogP contribution in [0.1, 0.15) is 35.3 Å². The molecule has 204 valence electrons. The minimum Gasteiger partial charge on any atom is -0.341 e. The van der Waals surface area contributed by atoms with Crippen molar-refractivity contribution in [1.29, 1.82) is 0 Å². The first kappa shape index (κ1) is 25.8. The first-order valence-corrected chi connectivity index (χ1v) is 13.4. The number of carbonyl (C=O) groups is 3. The fourth-order valence-corrected chi connectivity index (χ4v) is 6.74. The van der Waals surface area contributed by atoms with Crippen molar-refractivity contribution in [3.63, 3.8) is 0 Å². The lowest BCUT2D eigenvalue weighted by Gasteiger charge is -2.38. The lowest BCUT2D eigenvalue weighted by atomic mass is 9.73. The highest BCUT2D eigenvalue weighted by Crippen LogP contribution is 2.51. The van der Waals surface area contributed by atoms with Crippen molar-refractivity contribution in [1.82, 2.24) is 25.0 Å². The molecule has 39 heavy (non-hydrogen) atoms. The number of piperidine rings is 1. The standard InChI is InChI=1S/C26H24BrF3N6O3/c27-17-2-1-3-20-22(17)25(24(39)36(20)14-21(37)35-7-4-16(13-35)26(28,29)30)5-8-34(9-6-25)23(38)18-10-15-11-32-33-19(15)12-31-18/h1-3,10-12,16H,4-9,13-14H2,(H,32,33). The number of aromatic amines is 1. The van der Waals surface area contributed by atoms with Gasteiger partial charge in [-0.15, -0.1) is 0 Å². The maximum Gasteiger partial charge on any atom is 0.393 e. The second-order valence-corrected chi connectivity index (χ2v) is 11.1. The maximum absolute atomic E-state index is 14.0. The van der Waals surface area contributed by atoms with Gasteiger partial charge in [0.1, 0.15) is 12.2 Å². The van der Waals surface area contributed by atoms with E-state index in [1.54, 1.807) is 35.5 Å². The Morgan fingerprint density at radius 1 is 1.13 bits per heavy atom. The third kappa shape index (κ3) is 4.26. The van der Waals surface area contributed by atoms with Crippen LogP contribution in [-0.4, -0.2) is 81.6 Å². The highest BCUT2D eigenvalue weighted by atomic mass is 79.9. The average molecular weight is 605 g/mol. The van der Waals surface area contributed by atoms with E-state index in [9.17, 15) is 27.6 Å². The average Bonchev–Trinajstić information content (AvgIpc) is 3.64. The second kappa shape index (κ2) is 9.32. The van der Waals surface area contributed by atoms with E-state index in [4.69, 9.17) is 0 Å². The third-order valence-corrected chi connectivity index (χ3v) is 8.82. The molecular formula is C26H24BrF3N6O3. The van der Waals surface area contributed by atoms with Crippen molar-refractivity contribution in [2.45, 2.75) is 30.9 Å². The summed E-state index contributed by atoms with van der Waals surface area (Å²) in [6.07, 6.45) is -0.642. The summed E-state index contributed by atoms with van der Waals surface area (Å²) in [6.45, 7) is -0.102. The number of rotatable bonds is 3. The van der Waals surface area contributed by atoms with Crippen LogP contribution in [0.15, 0.2) is 41.1 Å². The zero-order valence-electron chi connectivity index (χ0n) is 20.7. The quantitative estimate of drug-likeness (QED) is 0.492. The molecule has 2 saturated heterocycles. The summed E-state index contributed by atoms with van der Waals surface area (Å²) >= 11 is 3.58. The SMILES string of the molecule is O=C(CN1C(=O)C2(CCN(C(=O)c3cc4cn[nH]c4cn3)CC2)c2c(Br)cccc21)N1CCC(C(F)(F)F)C1. The molecule has 1 unspecified atom stereocenters. The maximum atomic E-state index is 14.0. The van der Waals surface area contributed by atoms with Gasteiger partial charge >= 0.3 is 6.18 Å². The van der Waals surface area contributed by atoms with Crippen LogP contribution in [0.3, 0.4) is 0 Å². The molecule has 3 aliphatic heterocycles. The molecule has 3 aliphatic rings. The van der Waals surface area contributed by atoms with Gasteiger partial charge in [0, 0.05) is 47.3 Å². The molecule has 1 aromatic carbocycles. The second-order valence-electron chi connectivity index (χ2n) is 10.3. The number of hydrogen-bond donors (Lipinski definition) is 1. The number of pyridine rings is 1. The van der Waals surface area contributed by atoms with Crippen LogP contribution in [0.4, 0.5) is 18.9 Å². The minimum absolute atomic E-state index is 0.0112. The van der Waals surface area contributed by atoms with Gasteiger partial charge in [-0.2, -0.15) is 18.3 Å². The summed E-state index contributed by atoms with van der Waals surface area (Å²) in [7, 11) is 0. The van der Waals surface area contributed by atoms with Gasteiger partial charge in [0.05, 0.1) is 29.2 Å². The normalized spacial score (nSPS) is 20.8. The number of benzene rings is 1. The van der Waals surface area contributed by atoms with E-state index >= 15 is 0 Å². The van der Waals surface area contributed by atoms with Crippen LogP contribution in [0, 0.1) is 5.92 Å². The van der Waals surface area contributed by atoms with E-state index in [0.29, 0.717) is 36.1 Å². The van der Waals surface area contributed by atoms with Crippen molar-refractivity contribution in [2.75, 3.05) is 37.6 Å². The summed E-state index contributed by atoms with van der Waals surface area (Å²) in [5.41, 5.74) is 1.38. The number of carbonyl (C=O) groups excluding carboxylic acids is 3. The van der Waals surface area contributed by atoms with E-state index in [2.05, 4.69) is 31.1 Å². The van der Waals surface area contributed by atoms with Crippen LogP contribution >= 0.6 is 15.9 Å². The van der Waals surface area contributed by atoms with Gasteiger partial charge in [0.15, 0.2) is 0 Å². The Morgan fingerprint density at radius 2 is 1.90 bits per heavy atom. The number of likely N-dealkylation sites (tertiary alicyclic amines) is 2. The third-order valence-electron chi connectivity index (χ3n) is 8.16. The lowest BCUT2D eigenvalue weighted by molar-refractivity contribution is -0.171. The Balaban J connectivity index is 1.21. The Morgan fingerprint density at radius 3 is 2.62 bits per heavy atom. The van der Waals surface area contributed by atoms with Gasteiger partial charge in [-0.05, 0) is 37.5 Å². The minimum atomic E-state index is -4.36. The van der Waals surface area contributed by atoms with Gasteiger partial charge in [-0.25, -0.2) is 4.98 Å². The predicted molar refractivity (Wildman–Crippen MR) is 138 cm³/mol. The summed E-state index contributed by atoms with van der Waals surface area (Å²) in [5, 5.41) is 7.52. The topological polar surface area (TPSA) is 102 Å². The highest BCUT2D eigenvalue weighted by Gasteiger charge is 2.54. The molecule has 3 aromatic rings. The first-order valence-electron chi connectivity index (χ1n) is 12.6. The van der Waals surface area contributed by atoms with E-state index < -0.39 is 30.0 Å². The molecule has 0 bridgehead atoms. The molecule has 0 saturated carbocycles. The monoisotopic (exact) mass is 604 g/mol. The van der Waals surface area contributed by atoms with Crippen molar-refractivity contribution in [3.05, 3.63) is 52.4 Å². The van der Waals surface area contributed by atoms with E-state index in [0.717, 1.165) is 16.5 Å². The van der Waals surface area contributed by atoms with Crippen molar-refractivity contribution >= 4 is 50.2 Å².